The summed E-state index contributed by atoms with van der Waals surface area (Å²) in [6, 6.07) is 0. The Hall–Kier alpha value is -1.76. The zero-order chi connectivity index (χ0) is 13.1. The first kappa shape index (κ1) is 12.3. The number of hydrogen-bond donors (Lipinski definition) is 0. The minimum Gasteiger partial charge on any atom is -0.340 e. The number of carbonyl (C=O) groups is 1. The number of thiazole rings is 1. The zero-order valence-corrected chi connectivity index (χ0v) is 11.3. The summed E-state index contributed by atoms with van der Waals surface area (Å²) in [5.41, 5.74) is 0. The first-order chi connectivity index (χ1) is 9.33. The third kappa shape index (κ3) is 2.81. The average Bonchev–Trinajstić information content (AvgIpc) is 3.12. The van der Waals surface area contributed by atoms with Gasteiger partial charge in [0.25, 0.3) is 0 Å². The number of amides is 1. The molecule has 19 heavy (non-hydrogen) atoms. The molecule has 100 valence electrons. The molecule has 6 nitrogen and oxygen atoms in total. The van der Waals surface area contributed by atoms with Crippen molar-refractivity contribution < 1.29 is 4.79 Å². The van der Waals surface area contributed by atoms with E-state index in [1.807, 2.05) is 16.5 Å². The highest BCUT2D eigenvalue weighted by Crippen LogP contribution is 2.28. The van der Waals surface area contributed by atoms with Crippen LogP contribution < -0.4 is 0 Å². The second-order valence-corrected chi connectivity index (χ2v) is 5.57. The minimum atomic E-state index is 0.103. The molecule has 0 radical (unpaired) electrons. The first-order valence-electron chi connectivity index (χ1n) is 6.32. The Morgan fingerprint density at radius 3 is 3.21 bits per heavy atom. The van der Waals surface area contributed by atoms with Crippen LogP contribution in [-0.2, 0) is 11.3 Å². The summed E-state index contributed by atoms with van der Waals surface area (Å²) < 4.78 is 1.56. The third-order valence-corrected chi connectivity index (χ3v) is 4.28. The molecule has 0 bridgehead atoms. The molecule has 0 aliphatic carbocycles. The van der Waals surface area contributed by atoms with E-state index in [9.17, 15) is 4.79 Å². The van der Waals surface area contributed by atoms with Gasteiger partial charge in [-0.25, -0.2) is 14.6 Å². The van der Waals surface area contributed by atoms with Gasteiger partial charge in [0.2, 0.25) is 5.91 Å². The van der Waals surface area contributed by atoms with Crippen molar-refractivity contribution >= 4 is 17.2 Å². The Morgan fingerprint density at radius 2 is 2.47 bits per heavy atom. The Morgan fingerprint density at radius 1 is 1.53 bits per heavy atom. The van der Waals surface area contributed by atoms with E-state index in [1.54, 1.807) is 22.3 Å². The van der Waals surface area contributed by atoms with Gasteiger partial charge in [-0.2, -0.15) is 5.10 Å². The molecule has 0 N–H and O–H groups in total. The van der Waals surface area contributed by atoms with E-state index in [0.29, 0.717) is 5.92 Å². The molecule has 1 atom stereocenters. The van der Waals surface area contributed by atoms with Gasteiger partial charge in [-0.1, -0.05) is 0 Å². The topological polar surface area (TPSA) is 63.9 Å². The quantitative estimate of drug-likeness (QED) is 0.844. The molecular weight excluding hydrogens is 262 g/mol. The van der Waals surface area contributed by atoms with Gasteiger partial charge < -0.3 is 4.90 Å². The fourth-order valence-corrected chi connectivity index (χ4v) is 3.16. The van der Waals surface area contributed by atoms with Crippen LogP contribution in [0.3, 0.4) is 0 Å². The largest absolute Gasteiger partial charge is 0.340 e. The lowest BCUT2D eigenvalue weighted by Crippen LogP contribution is -2.40. The summed E-state index contributed by atoms with van der Waals surface area (Å²) >= 11 is 1.67. The van der Waals surface area contributed by atoms with Gasteiger partial charge in [0.1, 0.15) is 19.2 Å². The maximum absolute atomic E-state index is 12.2. The Balaban J connectivity index is 1.63. The lowest BCUT2D eigenvalue weighted by Gasteiger charge is -2.31. The van der Waals surface area contributed by atoms with Crippen LogP contribution in [0, 0.1) is 0 Å². The second kappa shape index (κ2) is 5.48. The van der Waals surface area contributed by atoms with E-state index in [0.717, 1.165) is 30.9 Å². The van der Waals surface area contributed by atoms with Gasteiger partial charge >= 0.3 is 0 Å². The summed E-state index contributed by atoms with van der Waals surface area (Å²) in [4.78, 5) is 22.3. The van der Waals surface area contributed by atoms with Crippen molar-refractivity contribution in [2.75, 3.05) is 13.1 Å². The first-order valence-corrected chi connectivity index (χ1v) is 7.20. The van der Waals surface area contributed by atoms with Crippen molar-refractivity contribution in [2.24, 2.45) is 0 Å². The molecule has 0 unspecified atom stereocenters. The fraction of sp³-hybridized carbons (Fsp3) is 0.500. The van der Waals surface area contributed by atoms with Crippen molar-refractivity contribution in [1.29, 1.82) is 0 Å². The summed E-state index contributed by atoms with van der Waals surface area (Å²) in [5, 5.41) is 7.10. The van der Waals surface area contributed by atoms with Crippen LogP contribution in [-0.4, -0.2) is 43.6 Å². The van der Waals surface area contributed by atoms with Gasteiger partial charge in [-0.05, 0) is 12.8 Å². The molecule has 1 amide bonds. The molecule has 0 aromatic carbocycles. The van der Waals surface area contributed by atoms with Crippen molar-refractivity contribution in [2.45, 2.75) is 25.3 Å². The lowest BCUT2D eigenvalue weighted by atomic mass is 9.99. The van der Waals surface area contributed by atoms with Crippen LogP contribution in [0.2, 0.25) is 0 Å². The number of piperidine rings is 1. The number of hydrogen-bond acceptors (Lipinski definition) is 5. The standard InChI is InChI=1S/C12H15N5OS/c18-11(7-17-9-13-8-15-17)16-4-1-2-10(6-16)12-14-3-5-19-12/h3,5,8-10H,1-2,4,6-7H2/t10-/m0/s1. The van der Waals surface area contributed by atoms with E-state index in [2.05, 4.69) is 15.1 Å². The number of likely N-dealkylation sites (tertiary alicyclic amines) is 1. The molecule has 1 aliphatic rings. The SMILES string of the molecule is O=C(Cn1cncn1)N1CCC[C@H](c2nccs2)C1. The molecule has 1 fully saturated rings. The molecule has 3 heterocycles. The van der Waals surface area contributed by atoms with E-state index < -0.39 is 0 Å². The van der Waals surface area contributed by atoms with Gasteiger partial charge in [-0.3, -0.25) is 4.79 Å². The number of rotatable bonds is 3. The fourth-order valence-electron chi connectivity index (χ4n) is 2.39. The zero-order valence-electron chi connectivity index (χ0n) is 10.5. The van der Waals surface area contributed by atoms with Crippen LogP contribution in [0.5, 0.6) is 0 Å². The average molecular weight is 277 g/mol. The van der Waals surface area contributed by atoms with Crippen LogP contribution >= 0.6 is 11.3 Å². The smallest absolute Gasteiger partial charge is 0.244 e. The maximum atomic E-state index is 12.2. The number of aromatic nitrogens is 4. The van der Waals surface area contributed by atoms with Gasteiger partial charge in [0.15, 0.2) is 0 Å². The molecule has 0 spiro atoms. The van der Waals surface area contributed by atoms with Crippen molar-refractivity contribution in [1.82, 2.24) is 24.6 Å². The van der Waals surface area contributed by atoms with E-state index >= 15 is 0 Å². The van der Waals surface area contributed by atoms with Crippen LogP contribution in [0.15, 0.2) is 24.2 Å². The highest BCUT2D eigenvalue weighted by atomic mass is 32.1. The Bertz CT molecular complexity index is 524. The lowest BCUT2D eigenvalue weighted by molar-refractivity contribution is -0.133. The van der Waals surface area contributed by atoms with E-state index in [-0.39, 0.29) is 12.5 Å². The highest BCUT2D eigenvalue weighted by molar-refractivity contribution is 7.09. The second-order valence-electron chi connectivity index (χ2n) is 4.64. The monoisotopic (exact) mass is 277 g/mol. The predicted molar refractivity (Wildman–Crippen MR) is 70.7 cm³/mol. The highest BCUT2D eigenvalue weighted by Gasteiger charge is 2.26. The molecule has 2 aromatic rings. The molecule has 7 heteroatoms. The van der Waals surface area contributed by atoms with Crippen LogP contribution in [0.4, 0.5) is 0 Å². The maximum Gasteiger partial charge on any atom is 0.244 e. The van der Waals surface area contributed by atoms with Crippen LogP contribution in [0.25, 0.3) is 0 Å². The molecule has 3 rings (SSSR count). The molecular formula is C12H15N5OS. The van der Waals surface area contributed by atoms with Crippen LogP contribution in [0.1, 0.15) is 23.8 Å². The molecule has 2 aromatic heterocycles. The van der Waals surface area contributed by atoms with Crippen molar-refractivity contribution in [3.63, 3.8) is 0 Å². The summed E-state index contributed by atoms with van der Waals surface area (Å²) in [6.45, 7) is 1.86. The normalized spacial score (nSPS) is 19.6. The van der Waals surface area contributed by atoms with Crippen molar-refractivity contribution in [3.05, 3.63) is 29.2 Å². The van der Waals surface area contributed by atoms with Gasteiger partial charge in [0.05, 0.1) is 5.01 Å². The van der Waals surface area contributed by atoms with Crippen molar-refractivity contribution in [3.8, 4) is 0 Å². The minimum absolute atomic E-state index is 0.103. The third-order valence-electron chi connectivity index (χ3n) is 3.34. The number of carbonyl (C=O) groups excluding carboxylic acids is 1. The van der Waals surface area contributed by atoms with E-state index in [4.69, 9.17) is 0 Å². The number of nitrogens with zero attached hydrogens (tertiary/aromatic N) is 5. The Kier molecular flexibility index (Phi) is 3.54. The summed E-state index contributed by atoms with van der Waals surface area (Å²) in [7, 11) is 0. The van der Waals surface area contributed by atoms with Gasteiger partial charge in [0, 0.05) is 30.6 Å². The summed E-state index contributed by atoms with van der Waals surface area (Å²) in [6.07, 6.45) is 6.99. The predicted octanol–water partition coefficient (Wildman–Crippen LogP) is 1.14. The molecule has 1 aliphatic heterocycles. The molecule has 1 saturated heterocycles. The molecule has 0 saturated carbocycles. The van der Waals surface area contributed by atoms with E-state index in [1.165, 1.54) is 6.33 Å². The summed E-state index contributed by atoms with van der Waals surface area (Å²) in [5.74, 6) is 0.486. The Labute approximate surface area is 115 Å². The van der Waals surface area contributed by atoms with Gasteiger partial charge in [-0.15, -0.1) is 11.3 Å².